The Bertz CT molecular complexity index is 762. The average molecular weight is 463 g/mol. The average Bonchev–Trinajstić information content (AvgIpc) is 2.78. The predicted molar refractivity (Wildman–Crippen MR) is 100 cm³/mol. The van der Waals surface area contributed by atoms with E-state index in [1.54, 1.807) is 0 Å². The minimum atomic E-state index is -1.79. The number of aliphatic hydroxyl groups excluding tert-OH is 7. The molecule has 0 radical (unpaired) electrons. The standard InChI is InChI=1S/C18H25NO13/c20-5-9-11(22)13(24)14(25)17(30-9)32-16-12(23)10(6-21)31-18(15(16)26)29-8-3-1-7(2-4-8)19(27)28/h1-4,9-18,20-26H,5-6H2/t9-,10-,11-,12+,13+,14-,15-,16+,17+,18-/m1/s1. The highest BCUT2D eigenvalue weighted by atomic mass is 16.7. The van der Waals surface area contributed by atoms with Crippen LogP contribution >= 0.6 is 0 Å². The van der Waals surface area contributed by atoms with Gasteiger partial charge < -0.3 is 54.7 Å². The Kier molecular flexibility index (Phi) is 7.94. The van der Waals surface area contributed by atoms with E-state index in [1.807, 2.05) is 0 Å². The van der Waals surface area contributed by atoms with Crippen molar-refractivity contribution < 1.29 is 59.6 Å². The molecule has 0 unspecified atom stereocenters. The first-order valence-corrected chi connectivity index (χ1v) is 9.67. The van der Waals surface area contributed by atoms with E-state index in [0.29, 0.717) is 0 Å². The fourth-order valence-corrected chi connectivity index (χ4v) is 3.43. The Morgan fingerprint density at radius 3 is 1.94 bits per heavy atom. The van der Waals surface area contributed by atoms with Gasteiger partial charge in [-0.2, -0.15) is 0 Å². The van der Waals surface area contributed by atoms with Gasteiger partial charge in [0, 0.05) is 12.1 Å². The molecule has 0 amide bonds. The number of hydrogen-bond donors (Lipinski definition) is 7. The minimum Gasteiger partial charge on any atom is -0.462 e. The molecule has 10 atom stereocenters. The van der Waals surface area contributed by atoms with E-state index in [1.165, 1.54) is 12.1 Å². The summed E-state index contributed by atoms with van der Waals surface area (Å²) in [5.74, 6) is 0.0688. The van der Waals surface area contributed by atoms with Crippen LogP contribution in [-0.4, -0.2) is 115 Å². The smallest absolute Gasteiger partial charge is 0.269 e. The number of nitrogens with zero attached hydrogens (tertiary/aromatic N) is 1. The summed E-state index contributed by atoms with van der Waals surface area (Å²) < 4.78 is 21.5. The first-order chi connectivity index (χ1) is 15.2. The zero-order valence-electron chi connectivity index (χ0n) is 16.5. The van der Waals surface area contributed by atoms with Crippen LogP contribution in [0, 0.1) is 10.1 Å². The van der Waals surface area contributed by atoms with Gasteiger partial charge in [-0.1, -0.05) is 0 Å². The van der Waals surface area contributed by atoms with Gasteiger partial charge in [0.25, 0.3) is 5.69 Å². The molecule has 7 N–H and O–H groups in total. The molecule has 14 nitrogen and oxygen atoms in total. The molecule has 2 saturated heterocycles. The second-order valence-corrected chi connectivity index (χ2v) is 7.37. The van der Waals surface area contributed by atoms with Crippen molar-refractivity contribution >= 4 is 5.69 Å². The van der Waals surface area contributed by atoms with Crippen molar-refractivity contribution in [2.75, 3.05) is 13.2 Å². The van der Waals surface area contributed by atoms with Gasteiger partial charge in [-0.15, -0.1) is 0 Å². The largest absolute Gasteiger partial charge is 0.462 e. The molecule has 3 rings (SSSR count). The molecule has 0 bridgehead atoms. The second kappa shape index (κ2) is 10.3. The summed E-state index contributed by atoms with van der Waals surface area (Å²) in [6, 6.07) is 4.82. The van der Waals surface area contributed by atoms with E-state index in [-0.39, 0.29) is 11.4 Å². The SMILES string of the molecule is O=[N+]([O-])c1ccc(O[C@@H]2O[C@H](CO)[C@H](O)[C@H](O[C@@H]3O[C@H](CO)[C@@H](O)[C@H](O)[C@H]3O)[C@H]2O)cc1. The molecular weight excluding hydrogens is 438 g/mol. The Morgan fingerprint density at radius 2 is 1.38 bits per heavy atom. The summed E-state index contributed by atoms with van der Waals surface area (Å²) in [5.41, 5.74) is -0.199. The lowest BCUT2D eigenvalue weighted by atomic mass is 9.97. The van der Waals surface area contributed by atoms with E-state index in [9.17, 15) is 45.9 Å². The van der Waals surface area contributed by atoms with Gasteiger partial charge in [-0.3, -0.25) is 10.1 Å². The summed E-state index contributed by atoms with van der Waals surface area (Å²) in [5, 5.41) is 80.6. The summed E-state index contributed by atoms with van der Waals surface area (Å²) in [4.78, 5) is 10.2. The number of benzene rings is 1. The third-order valence-corrected chi connectivity index (χ3v) is 5.26. The molecule has 0 aliphatic carbocycles. The van der Waals surface area contributed by atoms with Gasteiger partial charge in [0.2, 0.25) is 6.29 Å². The van der Waals surface area contributed by atoms with Gasteiger partial charge in [0.15, 0.2) is 6.29 Å². The first kappa shape index (κ1) is 24.7. The molecule has 1 aromatic rings. The molecule has 180 valence electrons. The molecule has 14 heteroatoms. The summed E-state index contributed by atoms with van der Waals surface area (Å²) in [6.45, 7) is -1.42. The zero-order valence-corrected chi connectivity index (χ0v) is 16.5. The lowest BCUT2D eigenvalue weighted by molar-refractivity contribution is -0.384. The third kappa shape index (κ3) is 4.99. The first-order valence-electron chi connectivity index (χ1n) is 9.67. The Balaban J connectivity index is 1.76. The van der Waals surface area contributed by atoms with E-state index in [2.05, 4.69) is 0 Å². The van der Waals surface area contributed by atoms with E-state index >= 15 is 0 Å². The maximum atomic E-state index is 10.8. The lowest BCUT2D eigenvalue weighted by Gasteiger charge is -2.45. The molecule has 2 aliphatic rings. The van der Waals surface area contributed by atoms with Gasteiger partial charge in [-0.25, -0.2) is 0 Å². The lowest BCUT2D eigenvalue weighted by Crippen LogP contribution is -2.65. The normalized spacial score (nSPS) is 40.1. The molecule has 1 aromatic carbocycles. The van der Waals surface area contributed by atoms with Crippen molar-refractivity contribution in [2.45, 2.75) is 61.4 Å². The number of nitro benzene ring substituents is 1. The summed E-state index contributed by atoms with van der Waals surface area (Å²) in [6.07, 6.45) is -15.8. The van der Waals surface area contributed by atoms with Crippen molar-refractivity contribution in [3.63, 3.8) is 0 Å². The van der Waals surface area contributed by atoms with Crippen LogP contribution in [0.2, 0.25) is 0 Å². The number of rotatable bonds is 7. The quantitative estimate of drug-likeness (QED) is 0.155. The highest BCUT2D eigenvalue weighted by Crippen LogP contribution is 2.30. The molecule has 32 heavy (non-hydrogen) atoms. The van der Waals surface area contributed by atoms with Crippen molar-refractivity contribution in [3.05, 3.63) is 34.4 Å². The zero-order chi connectivity index (χ0) is 23.6. The van der Waals surface area contributed by atoms with Gasteiger partial charge >= 0.3 is 0 Å². The highest BCUT2D eigenvalue weighted by Gasteiger charge is 2.51. The summed E-state index contributed by atoms with van der Waals surface area (Å²) in [7, 11) is 0. The van der Waals surface area contributed by atoms with E-state index in [4.69, 9.17) is 18.9 Å². The molecule has 2 aliphatic heterocycles. The maximum Gasteiger partial charge on any atom is 0.269 e. The van der Waals surface area contributed by atoms with Crippen LogP contribution in [0.25, 0.3) is 0 Å². The topological polar surface area (TPSA) is 222 Å². The van der Waals surface area contributed by atoms with Gasteiger partial charge in [0.1, 0.15) is 54.6 Å². The predicted octanol–water partition coefficient (Wildman–Crippen LogP) is -3.40. The monoisotopic (exact) mass is 463 g/mol. The maximum absolute atomic E-state index is 10.8. The number of non-ortho nitro benzene ring substituents is 1. The van der Waals surface area contributed by atoms with Crippen LogP contribution in [0.4, 0.5) is 5.69 Å². The Hall–Kier alpha value is -1.98. The molecule has 0 saturated carbocycles. The van der Waals surface area contributed by atoms with Crippen molar-refractivity contribution in [1.82, 2.24) is 0 Å². The van der Waals surface area contributed by atoms with Crippen molar-refractivity contribution in [3.8, 4) is 5.75 Å². The van der Waals surface area contributed by atoms with Crippen LogP contribution in [0.5, 0.6) is 5.75 Å². The van der Waals surface area contributed by atoms with Crippen LogP contribution in [-0.2, 0) is 14.2 Å². The Labute approximate surface area is 180 Å². The van der Waals surface area contributed by atoms with Crippen molar-refractivity contribution in [2.24, 2.45) is 0 Å². The fourth-order valence-electron chi connectivity index (χ4n) is 3.43. The van der Waals surface area contributed by atoms with Crippen LogP contribution in [0.1, 0.15) is 0 Å². The molecule has 2 fully saturated rings. The van der Waals surface area contributed by atoms with Gasteiger partial charge in [0.05, 0.1) is 18.1 Å². The molecule has 2 heterocycles. The van der Waals surface area contributed by atoms with Crippen LogP contribution < -0.4 is 4.74 Å². The van der Waals surface area contributed by atoms with Crippen LogP contribution in [0.3, 0.4) is 0 Å². The van der Waals surface area contributed by atoms with Crippen molar-refractivity contribution in [1.29, 1.82) is 0 Å². The van der Waals surface area contributed by atoms with Gasteiger partial charge in [-0.05, 0) is 12.1 Å². The highest BCUT2D eigenvalue weighted by molar-refractivity contribution is 5.36. The van der Waals surface area contributed by atoms with E-state index < -0.39 is 79.5 Å². The minimum absolute atomic E-state index is 0.0688. The summed E-state index contributed by atoms with van der Waals surface area (Å²) >= 11 is 0. The number of ether oxygens (including phenoxy) is 4. The third-order valence-electron chi connectivity index (χ3n) is 5.26. The number of hydrogen-bond acceptors (Lipinski definition) is 13. The molecule has 0 spiro atoms. The van der Waals surface area contributed by atoms with E-state index in [0.717, 1.165) is 12.1 Å². The molecule has 0 aromatic heterocycles. The number of nitro groups is 1. The second-order valence-electron chi connectivity index (χ2n) is 7.37. The molecular formula is C18H25NO13. The fraction of sp³-hybridized carbons (Fsp3) is 0.667. The number of aliphatic hydroxyl groups is 7. The van der Waals surface area contributed by atoms with Crippen LogP contribution in [0.15, 0.2) is 24.3 Å². The Morgan fingerprint density at radius 1 is 0.812 bits per heavy atom.